The molecule has 4 rings (SSSR count). The van der Waals surface area contributed by atoms with Crippen LogP contribution in [-0.4, -0.2) is 28.9 Å². The highest BCUT2D eigenvalue weighted by atomic mass is 79.9. The molecule has 4 aromatic carbocycles. The van der Waals surface area contributed by atoms with E-state index in [0.717, 1.165) is 5.56 Å². The first-order valence-electron chi connectivity index (χ1n) is 11.9. The van der Waals surface area contributed by atoms with E-state index in [2.05, 4.69) is 47.7 Å². The van der Waals surface area contributed by atoms with Gasteiger partial charge in [-0.3, -0.25) is 19.7 Å². The molecule has 0 saturated heterocycles. The number of esters is 1. The fraction of sp³-hybridized carbons (Fsp3) is 0.0345. The van der Waals surface area contributed by atoms with Crippen LogP contribution < -0.4 is 15.5 Å². The predicted molar refractivity (Wildman–Crippen MR) is 161 cm³/mol. The molecule has 0 aliphatic carbocycles. The van der Waals surface area contributed by atoms with E-state index in [0.29, 0.717) is 25.8 Å². The topological polar surface area (TPSA) is 140 Å². The normalized spacial score (nSPS) is 10.7. The number of aryl methyl sites for hydroxylation is 1. The number of halogens is 2. The molecule has 2 N–H and O–H groups in total. The number of non-ortho nitro benzene ring substituents is 1. The Balaban J connectivity index is 1.46. The lowest BCUT2D eigenvalue weighted by molar-refractivity contribution is -0.384. The summed E-state index contributed by atoms with van der Waals surface area (Å²) in [6, 6.07) is 21.8. The van der Waals surface area contributed by atoms with E-state index >= 15 is 0 Å². The highest BCUT2D eigenvalue weighted by molar-refractivity contribution is 9.11. The Bertz CT molecular complexity index is 1690. The lowest BCUT2D eigenvalue weighted by atomic mass is 10.1. The molecule has 41 heavy (non-hydrogen) atoms. The summed E-state index contributed by atoms with van der Waals surface area (Å²) >= 11 is 6.72. The average Bonchev–Trinajstić information content (AvgIpc) is 2.94. The molecule has 2 amide bonds. The van der Waals surface area contributed by atoms with Gasteiger partial charge in [-0.15, -0.1) is 0 Å². The Hall–Kier alpha value is -4.68. The number of rotatable bonds is 8. The minimum atomic E-state index is -0.744. The fourth-order valence-electron chi connectivity index (χ4n) is 3.61. The van der Waals surface area contributed by atoms with Gasteiger partial charge < -0.3 is 10.1 Å². The molecule has 10 nitrogen and oxygen atoms in total. The van der Waals surface area contributed by atoms with Crippen LogP contribution in [0.5, 0.6) is 5.75 Å². The standard InChI is InChI=1S/C29H20Br2N4O6/c1-17-4-2-5-19(12-17)27(36)33-23-7-3-6-20(14-23)28(37)34-32-16-21-13-22(30)15-25(31)26(21)41-29(38)18-8-10-24(11-9-18)35(39)40/h2-16H,1H3,(H,33,36)(H,34,37). The number of nitro groups is 1. The minimum Gasteiger partial charge on any atom is -0.421 e. The van der Waals surface area contributed by atoms with E-state index < -0.39 is 16.8 Å². The van der Waals surface area contributed by atoms with Crippen LogP contribution in [0.15, 0.2) is 99.0 Å². The van der Waals surface area contributed by atoms with Crippen LogP contribution in [0, 0.1) is 17.0 Å². The van der Waals surface area contributed by atoms with Crippen LogP contribution >= 0.6 is 31.9 Å². The summed E-state index contributed by atoms with van der Waals surface area (Å²) in [6.45, 7) is 1.89. The Kier molecular flexibility index (Phi) is 9.37. The Morgan fingerprint density at radius 2 is 1.56 bits per heavy atom. The molecule has 0 aliphatic rings. The summed E-state index contributed by atoms with van der Waals surface area (Å²) in [4.78, 5) is 48.3. The number of ether oxygens (including phenoxy) is 1. The molecule has 0 bridgehead atoms. The largest absolute Gasteiger partial charge is 0.421 e. The van der Waals surface area contributed by atoms with E-state index in [4.69, 9.17) is 4.74 Å². The molecule has 0 aliphatic heterocycles. The van der Waals surface area contributed by atoms with E-state index in [9.17, 15) is 24.5 Å². The number of hydrogen-bond donors (Lipinski definition) is 2. The summed E-state index contributed by atoms with van der Waals surface area (Å²) in [5.41, 5.74) is 4.85. The van der Waals surface area contributed by atoms with Crippen molar-refractivity contribution in [3.05, 3.63) is 132 Å². The Morgan fingerprint density at radius 1 is 0.878 bits per heavy atom. The van der Waals surface area contributed by atoms with E-state index in [-0.39, 0.29) is 28.5 Å². The molecule has 12 heteroatoms. The van der Waals surface area contributed by atoms with Gasteiger partial charge in [0.2, 0.25) is 0 Å². The number of hydrazone groups is 1. The monoisotopic (exact) mass is 678 g/mol. The van der Waals surface area contributed by atoms with Crippen LogP contribution in [0.1, 0.15) is 42.2 Å². The van der Waals surface area contributed by atoms with Gasteiger partial charge in [-0.2, -0.15) is 5.10 Å². The Labute approximate surface area is 250 Å². The van der Waals surface area contributed by atoms with Gasteiger partial charge in [-0.1, -0.05) is 39.7 Å². The average molecular weight is 680 g/mol. The molecule has 0 heterocycles. The third-order valence-electron chi connectivity index (χ3n) is 5.58. The summed E-state index contributed by atoms with van der Waals surface area (Å²) < 4.78 is 6.60. The SMILES string of the molecule is Cc1cccc(C(=O)Nc2cccc(C(=O)NN=Cc3cc(Br)cc(Br)c3OC(=O)c3ccc([N+](=O)[O-])cc3)c2)c1. The second kappa shape index (κ2) is 13.1. The number of carbonyl (C=O) groups is 3. The summed E-state index contributed by atoms with van der Waals surface area (Å²) in [6.07, 6.45) is 1.30. The van der Waals surface area contributed by atoms with Crippen molar-refractivity contribution in [2.75, 3.05) is 5.32 Å². The van der Waals surface area contributed by atoms with E-state index in [1.807, 2.05) is 13.0 Å². The molecular weight excluding hydrogens is 660 g/mol. The third-order valence-corrected chi connectivity index (χ3v) is 6.63. The maximum atomic E-state index is 12.8. The van der Waals surface area contributed by atoms with Crippen molar-refractivity contribution < 1.29 is 24.0 Å². The maximum absolute atomic E-state index is 12.8. The van der Waals surface area contributed by atoms with Crippen LogP contribution in [0.25, 0.3) is 0 Å². The summed E-state index contributed by atoms with van der Waals surface area (Å²) in [5.74, 6) is -1.46. The van der Waals surface area contributed by atoms with Gasteiger partial charge in [0.25, 0.3) is 17.5 Å². The predicted octanol–water partition coefficient (Wildman–Crippen LogP) is 6.66. The number of anilines is 1. The van der Waals surface area contributed by atoms with Gasteiger partial charge in [0.05, 0.1) is 21.2 Å². The van der Waals surface area contributed by atoms with Crippen LogP contribution in [-0.2, 0) is 0 Å². The van der Waals surface area contributed by atoms with Gasteiger partial charge in [0.1, 0.15) is 0 Å². The van der Waals surface area contributed by atoms with Crippen molar-refractivity contribution in [2.45, 2.75) is 6.92 Å². The van der Waals surface area contributed by atoms with Crippen molar-refractivity contribution in [3.8, 4) is 5.75 Å². The smallest absolute Gasteiger partial charge is 0.343 e. The number of benzene rings is 4. The zero-order valence-electron chi connectivity index (χ0n) is 21.3. The molecule has 0 fully saturated rings. The first kappa shape index (κ1) is 29.3. The molecule has 0 aromatic heterocycles. The minimum absolute atomic E-state index is 0.107. The zero-order valence-corrected chi connectivity index (χ0v) is 24.4. The van der Waals surface area contributed by atoms with Crippen molar-refractivity contribution in [1.29, 1.82) is 0 Å². The molecule has 0 spiro atoms. The number of nitro benzene ring substituents is 1. The van der Waals surface area contributed by atoms with E-state index in [1.54, 1.807) is 48.5 Å². The van der Waals surface area contributed by atoms with Crippen molar-refractivity contribution >= 4 is 67.2 Å². The van der Waals surface area contributed by atoms with Crippen molar-refractivity contribution in [2.24, 2.45) is 5.10 Å². The van der Waals surface area contributed by atoms with Crippen LogP contribution in [0.2, 0.25) is 0 Å². The number of carbonyl (C=O) groups excluding carboxylic acids is 3. The quantitative estimate of drug-likeness (QED) is 0.0702. The number of nitrogens with one attached hydrogen (secondary N) is 2. The molecule has 0 unspecified atom stereocenters. The van der Waals surface area contributed by atoms with Gasteiger partial charge in [-0.05, 0) is 77.5 Å². The van der Waals surface area contributed by atoms with Gasteiger partial charge in [-0.25, -0.2) is 10.2 Å². The fourth-order valence-corrected chi connectivity index (χ4v) is 4.95. The highest BCUT2D eigenvalue weighted by Gasteiger charge is 2.17. The summed E-state index contributed by atoms with van der Waals surface area (Å²) in [7, 11) is 0. The number of hydrogen-bond acceptors (Lipinski definition) is 7. The lowest BCUT2D eigenvalue weighted by Gasteiger charge is -2.11. The van der Waals surface area contributed by atoms with E-state index in [1.165, 1.54) is 36.5 Å². The van der Waals surface area contributed by atoms with Gasteiger partial charge in [0.15, 0.2) is 5.75 Å². The molecular formula is C29H20Br2N4O6. The zero-order chi connectivity index (χ0) is 29.5. The Morgan fingerprint density at radius 3 is 2.24 bits per heavy atom. The van der Waals surface area contributed by atoms with Crippen LogP contribution in [0.4, 0.5) is 11.4 Å². The first-order chi connectivity index (χ1) is 19.6. The molecule has 4 aromatic rings. The third kappa shape index (κ3) is 7.71. The second-order valence-electron chi connectivity index (χ2n) is 8.60. The number of nitrogens with zero attached hydrogens (tertiary/aromatic N) is 2. The molecule has 0 radical (unpaired) electrons. The molecule has 206 valence electrons. The first-order valence-corrected chi connectivity index (χ1v) is 13.5. The molecule has 0 atom stereocenters. The van der Waals surface area contributed by atoms with Gasteiger partial charge >= 0.3 is 5.97 Å². The lowest BCUT2D eigenvalue weighted by Crippen LogP contribution is -2.18. The van der Waals surface area contributed by atoms with Crippen molar-refractivity contribution in [3.63, 3.8) is 0 Å². The summed E-state index contributed by atoms with van der Waals surface area (Å²) in [5, 5.41) is 17.6. The van der Waals surface area contributed by atoms with Crippen LogP contribution in [0.3, 0.4) is 0 Å². The van der Waals surface area contributed by atoms with Crippen molar-refractivity contribution in [1.82, 2.24) is 5.43 Å². The second-order valence-corrected chi connectivity index (χ2v) is 10.4. The molecule has 0 saturated carbocycles. The number of amides is 2. The van der Waals surface area contributed by atoms with Gasteiger partial charge in [0, 0.05) is 39.0 Å². The maximum Gasteiger partial charge on any atom is 0.343 e. The highest BCUT2D eigenvalue weighted by Crippen LogP contribution is 2.33.